The van der Waals surface area contributed by atoms with Crippen LogP contribution in [0.4, 0.5) is 0 Å². The molecule has 3 heterocycles. The zero-order valence-electron chi connectivity index (χ0n) is 23.8. The highest BCUT2D eigenvalue weighted by Crippen LogP contribution is 2.32. The van der Waals surface area contributed by atoms with Crippen LogP contribution in [0.2, 0.25) is 5.02 Å². The molecule has 0 aliphatic heterocycles. The molecule has 0 spiro atoms. The molecule has 0 bridgehead atoms. The summed E-state index contributed by atoms with van der Waals surface area (Å²) in [5, 5.41) is 14.8. The van der Waals surface area contributed by atoms with Crippen molar-refractivity contribution in [2.75, 3.05) is 0 Å². The van der Waals surface area contributed by atoms with E-state index < -0.39 is 12.0 Å². The normalized spacial score (nSPS) is 12.9. The molecule has 5 rings (SSSR count). The Kier molecular flexibility index (Phi) is 9.18. The third-order valence-electron chi connectivity index (χ3n) is 7.58. The van der Waals surface area contributed by atoms with E-state index >= 15 is 0 Å². The first-order chi connectivity index (χ1) is 20.2. The van der Waals surface area contributed by atoms with E-state index in [9.17, 15) is 14.7 Å². The Bertz CT molecular complexity index is 1740. The molecule has 0 aliphatic rings. The van der Waals surface area contributed by atoms with Gasteiger partial charge in [0.15, 0.2) is 0 Å². The largest absolute Gasteiger partial charge is 0.387 e. The highest BCUT2D eigenvalue weighted by atomic mass is 35.5. The second kappa shape index (κ2) is 13.0. The third-order valence-corrected chi connectivity index (χ3v) is 9.10. The van der Waals surface area contributed by atoms with E-state index in [1.54, 1.807) is 24.5 Å². The monoisotopic (exact) mass is 600 g/mol. The number of rotatable bonds is 10. The number of benzene rings is 2. The fourth-order valence-electron chi connectivity index (χ4n) is 5.14. The van der Waals surface area contributed by atoms with Gasteiger partial charge in [0.05, 0.1) is 16.3 Å². The lowest BCUT2D eigenvalue weighted by molar-refractivity contribution is 0.0488. The maximum absolute atomic E-state index is 13.6. The second-order valence-electron chi connectivity index (χ2n) is 10.5. The van der Waals surface area contributed by atoms with Crippen LogP contribution in [0.15, 0.2) is 90.1 Å². The lowest BCUT2D eigenvalue weighted by Gasteiger charge is -2.32. The number of thiophene rings is 1. The van der Waals surface area contributed by atoms with Crippen LogP contribution in [-0.2, 0) is 26.7 Å². The Labute approximate surface area is 254 Å². The first kappa shape index (κ1) is 29.7. The Hall–Kier alpha value is -3.82. The molecule has 1 amide bonds. The zero-order chi connectivity index (χ0) is 29.8. The molecule has 0 saturated carbocycles. The van der Waals surface area contributed by atoms with Crippen molar-refractivity contribution in [1.29, 1.82) is 0 Å². The second-order valence-corrected chi connectivity index (χ2v) is 12.0. The number of nitrogens with one attached hydrogen (secondary N) is 1. The number of carbonyl (C=O) groups excluding carboxylic acids is 1. The minimum atomic E-state index is -0.709. The van der Waals surface area contributed by atoms with Crippen molar-refractivity contribution < 1.29 is 9.90 Å². The molecule has 2 unspecified atom stereocenters. The summed E-state index contributed by atoms with van der Waals surface area (Å²) < 4.78 is 2.40. The summed E-state index contributed by atoms with van der Waals surface area (Å²) in [4.78, 5) is 34.2. The first-order valence-electron chi connectivity index (χ1n) is 13.7. The average Bonchev–Trinajstić information content (AvgIpc) is 3.34. The number of aliphatic hydroxyl groups is 1. The van der Waals surface area contributed by atoms with Gasteiger partial charge >= 0.3 is 0 Å². The molecule has 2 N–H and O–H groups in total. The third kappa shape index (κ3) is 6.47. The lowest BCUT2D eigenvalue weighted by atomic mass is 10.0. The number of aromatic nitrogens is 2. The minimum absolute atomic E-state index is 0.104. The number of pyridine rings is 2. The minimum Gasteiger partial charge on any atom is -0.387 e. The van der Waals surface area contributed by atoms with E-state index in [-0.39, 0.29) is 23.6 Å². The maximum Gasteiger partial charge on any atom is 0.257 e. The Balaban J connectivity index is 1.45. The Morgan fingerprint density at radius 1 is 1.07 bits per heavy atom. The van der Waals surface area contributed by atoms with Gasteiger partial charge in [-0.25, -0.2) is 0 Å². The number of nitrogens with zero attached hydrogens (tertiary/aromatic N) is 3. The topological polar surface area (TPSA) is 87.5 Å². The lowest BCUT2D eigenvalue weighted by Crippen LogP contribution is -2.36. The van der Waals surface area contributed by atoms with Crippen molar-refractivity contribution >= 4 is 39.1 Å². The Morgan fingerprint density at radius 2 is 1.81 bits per heavy atom. The van der Waals surface area contributed by atoms with Crippen LogP contribution in [0, 0.1) is 6.92 Å². The SMILES string of the molecule is Cc1c(CN(Cc2cccnc2)C(C)C(O)c2ccccc2)sc2c(=O)c(C(=O)NCc3ccc(Cl)cc3)cn(C)c12. The predicted octanol–water partition coefficient (Wildman–Crippen LogP) is 6.01. The van der Waals surface area contributed by atoms with Crippen LogP contribution in [-0.4, -0.2) is 31.5 Å². The fraction of sp³-hybridized carbons (Fsp3) is 0.242. The van der Waals surface area contributed by atoms with Gasteiger partial charge < -0.3 is 15.0 Å². The van der Waals surface area contributed by atoms with E-state index in [1.807, 2.05) is 86.3 Å². The van der Waals surface area contributed by atoms with Crippen LogP contribution < -0.4 is 10.7 Å². The number of aryl methyl sites for hydroxylation is 2. The summed E-state index contributed by atoms with van der Waals surface area (Å²) >= 11 is 7.37. The summed E-state index contributed by atoms with van der Waals surface area (Å²) in [6, 6.07) is 20.5. The number of amides is 1. The van der Waals surface area contributed by atoms with Gasteiger partial charge in [0.2, 0.25) is 5.43 Å². The molecule has 2 atom stereocenters. The molecule has 216 valence electrons. The molecule has 9 heteroatoms. The van der Waals surface area contributed by atoms with Crippen molar-refractivity contribution in [1.82, 2.24) is 19.8 Å². The van der Waals surface area contributed by atoms with Crippen molar-refractivity contribution in [3.05, 3.63) is 133 Å². The van der Waals surface area contributed by atoms with Gasteiger partial charge in [-0.05, 0) is 54.3 Å². The molecule has 0 fully saturated rings. The van der Waals surface area contributed by atoms with E-state index in [4.69, 9.17) is 11.6 Å². The Morgan fingerprint density at radius 3 is 2.50 bits per heavy atom. The van der Waals surface area contributed by atoms with Crippen molar-refractivity contribution in [2.45, 2.75) is 45.6 Å². The van der Waals surface area contributed by atoms with Gasteiger partial charge in [0, 0.05) is 61.2 Å². The molecular weight excluding hydrogens is 568 g/mol. The molecule has 7 nitrogen and oxygen atoms in total. The van der Waals surface area contributed by atoms with E-state index in [0.717, 1.165) is 32.6 Å². The van der Waals surface area contributed by atoms with Crippen molar-refractivity contribution in [3.8, 4) is 0 Å². The zero-order valence-corrected chi connectivity index (χ0v) is 25.3. The summed E-state index contributed by atoms with van der Waals surface area (Å²) in [6.45, 7) is 5.40. The van der Waals surface area contributed by atoms with E-state index in [2.05, 4.69) is 15.2 Å². The number of hydrogen-bond donors (Lipinski definition) is 2. The number of halogens is 1. The van der Waals surface area contributed by atoms with Crippen molar-refractivity contribution in [2.24, 2.45) is 7.05 Å². The average molecular weight is 601 g/mol. The first-order valence-corrected chi connectivity index (χ1v) is 14.9. The molecule has 5 aromatic rings. The van der Waals surface area contributed by atoms with E-state index in [0.29, 0.717) is 22.8 Å². The molecule has 42 heavy (non-hydrogen) atoms. The fourth-order valence-corrected chi connectivity index (χ4v) is 6.59. The number of fused-ring (bicyclic) bond motifs is 1. The smallest absolute Gasteiger partial charge is 0.257 e. The highest BCUT2D eigenvalue weighted by Gasteiger charge is 2.26. The van der Waals surface area contributed by atoms with Gasteiger partial charge in [-0.1, -0.05) is 60.1 Å². The van der Waals surface area contributed by atoms with Crippen LogP contribution in [0.1, 0.15) is 50.5 Å². The molecular formula is C33H33ClN4O3S. The van der Waals surface area contributed by atoms with Crippen LogP contribution in [0.5, 0.6) is 0 Å². The number of aliphatic hydroxyl groups excluding tert-OH is 1. The molecule has 0 aliphatic carbocycles. The van der Waals surface area contributed by atoms with Gasteiger partial charge in [-0.15, -0.1) is 11.3 Å². The van der Waals surface area contributed by atoms with Gasteiger partial charge in [-0.2, -0.15) is 0 Å². The van der Waals surface area contributed by atoms with Gasteiger partial charge in [0.1, 0.15) is 5.56 Å². The highest BCUT2D eigenvalue weighted by molar-refractivity contribution is 7.19. The summed E-state index contributed by atoms with van der Waals surface area (Å²) in [7, 11) is 1.86. The van der Waals surface area contributed by atoms with Crippen LogP contribution in [0.3, 0.4) is 0 Å². The number of carbonyl (C=O) groups is 1. The predicted molar refractivity (Wildman–Crippen MR) is 169 cm³/mol. The van der Waals surface area contributed by atoms with Crippen LogP contribution >= 0.6 is 22.9 Å². The molecule has 3 aromatic heterocycles. The van der Waals surface area contributed by atoms with E-state index in [1.165, 1.54) is 11.3 Å². The number of hydrogen-bond acceptors (Lipinski definition) is 6. The summed E-state index contributed by atoms with van der Waals surface area (Å²) in [5.74, 6) is -0.419. The molecule has 2 aromatic carbocycles. The summed E-state index contributed by atoms with van der Waals surface area (Å²) in [6.07, 6.45) is 4.47. The standard InChI is InChI=1S/C33H33ClN4O3S/c1-21-28(20-38(18-24-8-7-15-35-16-24)22(2)30(39)25-9-5-4-6-10-25)42-32-29(21)37(3)19-27(31(32)40)33(41)36-17-23-11-13-26(34)14-12-23/h4-16,19,22,30,39H,17-18,20H2,1-3H3,(H,36,41). The van der Waals surface area contributed by atoms with Gasteiger partial charge in [0.25, 0.3) is 5.91 Å². The molecule has 0 radical (unpaired) electrons. The quantitative estimate of drug-likeness (QED) is 0.205. The van der Waals surface area contributed by atoms with Crippen LogP contribution in [0.25, 0.3) is 10.2 Å². The van der Waals surface area contributed by atoms with Crippen molar-refractivity contribution in [3.63, 3.8) is 0 Å². The maximum atomic E-state index is 13.6. The molecule has 0 saturated heterocycles. The van der Waals surface area contributed by atoms with Gasteiger partial charge in [-0.3, -0.25) is 19.5 Å². The summed E-state index contributed by atoms with van der Waals surface area (Å²) in [5.41, 5.74) is 4.38.